The summed E-state index contributed by atoms with van der Waals surface area (Å²) in [6.07, 6.45) is 3.52. The molecule has 0 atom stereocenters. The monoisotopic (exact) mass is 340 g/mol. The zero-order chi connectivity index (χ0) is 15.6. The Hall–Kier alpha value is -0.620. The van der Waals surface area contributed by atoms with Crippen LogP contribution in [0.2, 0.25) is 0 Å². The second-order valence-electron chi connectivity index (χ2n) is 4.55. The van der Waals surface area contributed by atoms with Gasteiger partial charge in [0.2, 0.25) is 0 Å². The molecule has 20 heavy (non-hydrogen) atoms. The summed E-state index contributed by atoms with van der Waals surface area (Å²) in [6, 6.07) is 9.96. The second kappa shape index (κ2) is 4.98. The summed E-state index contributed by atoms with van der Waals surface area (Å²) in [6.45, 7) is 0. The van der Waals surface area contributed by atoms with Crippen molar-refractivity contribution in [2.45, 2.75) is 24.2 Å². The van der Waals surface area contributed by atoms with E-state index in [1.54, 1.807) is 0 Å². The van der Waals surface area contributed by atoms with Gasteiger partial charge in [-0.2, -0.15) is 0 Å². The van der Waals surface area contributed by atoms with Crippen LogP contribution in [0.4, 0.5) is 25.2 Å². The molecule has 0 amide bonds. The third-order valence-corrected chi connectivity index (χ3v) is 5.65. The fourth-order valence-electron chi connectivity index (χ4n) is 1.85. The minimum absolute atomic E-state index is 0.900. The van der Waals surface area contributed by atoms with E-state index in [-0.39, 0.29) is 0 Å². The van der Waals surface area contributed by atoms with Gasteiger partial charge in [-0.1, -0.05) is 22.4 Å². The smallest absolute Gasteiger partial charge is 0.0997 e. The van der Waals surface area contributed by atoms with Crippen molar-refractivity contribution in [2.75, 3.05) is 11.5 Å². The first-order chi connectivity index (χ1) is 8.76. The van der Waals surface area contributed by atoms with Gasteiger partial charge in [0.05, 0.1) is 0 Å². The predicted molar refractivity (Wildman–Crippen MR) is 69.9 cm³/mol. The largest absolute Gasteiger partial charge is 0.158 e. The molecule has 1 saturated heterocycles. The van der Waals surface area contributed by atoms with Gasteiger partial charge in [0.15, 0.2) is 4.90 Å². The standard InChI is InChI=1S/C11H15OS.F6P/c12-13(9-5-2-6-10-13)11-7-3-1-4-8-11;1-7(2,3,4,5)6/h1,3-4,7-8H,2,5-6,9-10H2;/q+1;-1. The molecule has 0 spiro atoms. The van der Waals surface area contributed by atoms with Crippen molar-refractivity contribution in [1.29, 1.82) is 0 Å². The second-order valence-corrected chi connectivity index (χ2v) is 9.38. The average molecular weight is 340 g/mol. The predicted octanol–water partition coefficient (Wildman–Crippen LogP) is 6.11. The van der Waals surface area contributed by atoms with Crippen LogP contribution >= 0.6 is 7.81 Å². The molecule has 0 saturated carbocycles. The molecular formula is C11H15F6OPS. The molecule has 1 aliphatic heterocycles. The normalized spacial score (nSPS) is 21.9. The van der Waals surface area contributed by atoms with Gasteiger partial charge in [0.25, 0.3) is 0 Å². The zero-order valence-electron chi connectivity index (χ0n) is 10.5. The molecule has 2 rings (SSSR count). The van der Waals surface area contributed by atoms with Crippen molar-refractivity contribution in [3.05, 3.63) is 30.3 Å². The van der Waals surface area contributed by atoms with Gasteiger partial charge in [-0.15, -0.1) is 0 Å². The van der Waals surface area contributed by atoms with E-state index in [9.17, 15) is 29.4 Å². The maximum atomic E-state index is 12.4. The van der Waals surface area contributed by atoms with E-state index >= 15 is 0 Å². The van der Waals surface area contributed by atoms with Crippen molar-refractivity contribution in [3.63, 3.8) is 0 Å². The maximum absolute atomic E-state index is 12.4. The number of benzene rings is 1. The van der Waals surface area contributed by atoms with Crippen LogP contribution in [-0.4, -0.2) is 11.5 Å². The Balaban J connectivity index is 0.000000246. The average Bonchev–Trinajstić information content (AvgIpc) is 2.27. The summed E-state index contributed by atoms with van der Waals surface area (Å²) in [5.74, 6) is 1.80. The van der Waals surface area contributed by atoms with E-state index in [1.165, 1.54) is 6.42 Å². The third-order valence-electron chi connectivity index (χ3n) is 2.62. The van der Waals surface area contributed by atoms with Crippen LogP contribution in [0.1, 0.15) is 19.3 Å². The summed E-state index contributed by atoms with van der Waals surface area (Å²) >= 11 is 0. The molecule has 1 fully saturated rings. The Labute approximate surface area is 114 Å². The van der Waals surface area contributed by atoms with E-state index in [2.05, 4.69) is 0 Å². The van der Waals surface area contributed by atoms with Gasteiger partial charge >= 0.3 is 33.0 Å². The molecule has 9 heteroatoms. The Bertz CT molecular complexity index is 476. The summed E-state index contributed by atoms with van der Waals surface area (Å²) < 4.78 is 71.6. The molecule has 0 radical (unpaired) electrons. The van der Waals surface area contributed by atoms with Gasteiger partial charge in [-0.3, -0.25) is 0 Å². The molecule has 0 N–H and O–H groups in total. The van der Waals surface area contributed by atoms with E-state index in [0.29, 0.717) is 0 Å². The molecule has 1 aromatic carbocycles. The van der Waals surface area contributed by atoms with Crippen LogP contribution in [-0.2, 0) is 14.1 Å². The Kier molecular flexibility index (Phi) is 4.34. The molecule has 0 aliphatic carbocycles. The maximum Gasteiger partial charge on any atom is 0.158 e. The van der Waals surface area contributed by atoms with Gasteiger partial charge in [-0.05, 0) is 31.4 Å². The molecule has 0 unspecified atom stereocenters. The quantitative estimate of drug-likeness (QED) is 0.342. The summed E-state index contributed by atoms with van der Waals surface area (Å²) in [4.78, 5) is 1.06. The van der Waals surface area contributed by atoms with Crippen LogP contribution in [0.5, 0.6) is 0 Å². The summed E-state index contributed by atoms with van der Waals surface area (Å²) in [5.41, 5.74) is 0. The molecule has 1 aliphatic rings. The van der Waals surface area contributed by atoms with Gasteiger partial charge < -0.3 is 0 Å². The van der Waals surface area contributed by atoms with Crippen LogP contribution < -0.4 is 0 Å². The van der Waals surface area contributed by atoms with Crippen molar-refractivity contribution in [1.82, 2.24) is 0 Å². The minimum atomic E-state index is -10.7. The number of halogens is 6. The zero-order valence-corrected chi connectivity index (χ0v) is 12.2. The Morgan fingerprint density at radius 3 is 1.60 bits per heavy atom. The number of hydrogen-bond acceptors (Lipinski definition) is 1. The van der Waals surface area contributed by atoms with Crippen molar-refractivity contribution in [3.8, 4) is 0 Å². The van der Waals surface area contributed by atoms with E-state index in [1.807, 2.05) is 30.3 Å². The SMILES string of the molecule is F[P-](F)(F)(F)(F)F.O=[S+]1(c2ccccc2)CCCCC1. The molecular weight excluding hydrogens is 325 g/mol. The molecule has 0 bridgehead atoms. The van der Waals surface area contributed by atoms with E-state index in [4.69, 9.17) is 0 Å². The first kappa shape index (κ1) is 17.4. The van der Waals surface area contributed by atoms with E-state index < -0.39 is 17.7 Å². The topological polar surface area (TPSA) is 17.1 Å². The molecule has 1 aromatic rings. The Morgan fingerprint density at radius 2 is 1.20 bits per heavy atom. The van der Waals surface area contributed by atoms with Crippen molar-refractivity contribution >= 4 is 17.7 Å². The van der Waals surface area contributed by atoms with Gasteiger partial charge in [-0.25, -0.2) is 0 Å². The number of hydrogen-bond donors (Lipinski definition) is 0. The molecule has 118 valence electrons. The van der Waals surface area contributed by atoms with Crippen LogP contribution in [0, 0.1) is 0 Å². The number of rotatable bonds is 1. The van der Waals surface area contributed by atoms with E-state index in [0.717, 1.165) is 29.2 Å². The first-order valence-electron chi connectivity index (χ1n) is 5.87. The molecule has 1 heterocycles. The van der Waals surface area contributed by atoms with Crippen LogP contribution in [0.15, 0.2) is 35.2 Å². The van der Waals surface area contributed by atoms with Crippen LogP contribution in [0.25, 0.3) is 0 Å². The minimum Gasteiger partial charge on any atom is -0.0997 e. The third kappa shape index (κ3) is 8.53. The van der Waals surface area contributed by atoms with Gasteiger partial charge in [0, 0.05) is 0 Å². The summed E-state index contributed by atoms with van der Waals surface area (Å²) in [5, 5.41) is 0. The molecule has 1 nitrogen and oxygen atoms in total. The fourth-order valence-corrected chi connectivity index (χ4v) is 4.52. The van der Waals surface area contributed by atoms with Gasteiger partial charge in [0.1, 0.15) is 21.4 Å². The van der Waals surface area contributed by atoms with Crippen LogP contribution in [0.3, 0.4) is 0 Å². The van der Waals surface area contributed by atoms with Crippen molar-refractivity contribution < 1.29 is 29.4 Å². The van der Waals surface area contributed by atoms with Crippen molar-refractivity contribution in [2.24, 2.45) is 0 Å². The fraction of sp³-hybridized carbons (Fsp3) is 0.455. The Morgan fingerprint density at radius 1 is 0.800 bits per heavy atom. The summed E-state index contributed by atoms with van der Waals surface area (Å²) in [7, 11) is -12.3. The first-order valence-corrected chi connectivity index (χ1v) is 9.80. The molecule has 0 aromatic heterocycles.